The highest BCUT2D eigenvalue weighted by Crippen LogP contribution is 2.24. The van der Waals surface area contributed by atoms with Gasteiger partial charge in [0, 0.05) is 12.3 Å². The summed E-state index contributed by atoms with van der Waals surface area (Å²) >= 11 is 0. The average molecular weight is 309 g/mol. The Morgan fingerprint density at radius 1 is 1.17 bits per heavy atom. The van der Waals surface area contributed by atoms with Crippen LogP contribution in [0, 0.1) is 10.1 Å². The van der Waals surface area contributed by atoms with E-state index in [0.29, 0.717) is 17.4 Å². The van der Waals surface area contributed by atoms with Gasteiger partial charge in [-0.25, -0.2) is 4.98 Å². The third-order valence-corrected chi connectivity index (χ3v) is 3.15. The highest BCUT2D eigenvalue weighted by molar-refractivity contribution is 6.06. The van der Waals surface area contributed by atoms with Gasteiger partial charge in [0.25, 0.3) is 5.69 Å². The number of carbonyl (C=O) groups excluding carboxylic acids is 1. The van der Waals surface area contributed by atoms with E-state index >= 15 is 0 Å². The zero-order chi connectivity index (χ0) is 16.2. The SMILES string of the molecule is O=C/C(=C\Nc1ccccc1[N+](=O)[O-])c1nc2ccccc2o1. The fourth-order valence-electron chi connectivity index (χ4n) is 2.05. The Morgan fingerprint density at radius 3 is 2.65 bits per heavy atom. The largest absolute Gasteiger partial charge is 0.436 e. The molecular formula is C16H11N3O4. The van der Waals surface area contributed by atoms with Crippen LogP contribution in [-0.2, 0) is 4.79 Å². The molecule has 0 unspecified atom stereocenters. The van der Waals surface area contributed by atoms with Crippen LogP contribution < -0.4 is 5.32 Å². The molecule has 1 N–H and O–H groups in total. The summed E-state index contributed by atoms with van der Waals surface area (Å²) in [4.78, 5) is 26.0. The number of aldehydes is 1. The molecule has 0 saturated carbocycles. The van der Waals surface area contributed by atoms with E-state index in [1.165, 1.54) is 12.3 Å². The number of hydrogen-bond donors (Lipinski definition) is 1. The van der Waals surface area contributed by atoms with Gasteiger partial charge < -0.3 is 9.73 Å². The molecule has 114 valence electrons. The van der Waals surface area contributed by atoms with Crippen molar-refractivity contribution in [2.45, 2.75) is 0 Å². The normalized spacial score (nSPS) is 11.4. The maximum absolute atomic E-state index is 11.3. The van der Waals surface area contributed by atoms with E-state index in [1.54, 1.807) is 36.4 Å². The summed E-state index contributed by atoms with van der Waals surface area (Å²) < 4.78 is 5.50. The Morgan fingerprint density at radius 2 is 1.91 bits per heavy atom. The highest BCUT2D eigenvalue weighted by Gasteiger charge is 2.13. The van der Waals surface area contributed by atoms with Crippen molar-refractivity contribution in [3.63, 3.8) is 0 Å². The van der Waals surface area contributed by atoms with Gasteiger partial charge in [-0.05, 0) is 18.2 Å². The minimum Gasteiger partial charge on any atom is -0.436 e. The van der Waals surface area contributed by atoms with Crippen LogP contribution >= 0.6 is 0 Å². The van der Waals surface area contributed by atoms with E-state index in [4.69, 9.17) is 4.42 Å². The number of nitro groups is 1. The molecule has 0 aliphatic carbocycles. The van der Waals surface area contributed by atoms with E-state index in [1.807, 2.05) is 6.07 Å². The predicted molar refractivity (Wildman–Crippen MR) is 84.8 cm³/mol. The van der Waals surface area contributed by atoms with Crippen LogP contribution in [0.3, 0.4) is 0 Å². The number of allylic oxidation sites excluding steroid dienone is 1. The van der Waals surface area contributed by atoms with Crippen LogP contribution in [0.25, 0.3) is 16.7 Å². The number of nitrogens with one attached hydrogen (secondary N) is 1. The van der Waals surface area contributed by atoms with Crippen molar-refractivity contribution in [2.75, 3.05) is 5.32 Å². The Hall–Kier alpha value is -3.48. The van der Waals surface area contributed by atoms with Crippen molar-refractivity contribution in [3.05, 3.63) is 70.7 Å². The molecule has 3 rings (SSSR count). The minimum atomic E-state index is -0.504. The Kier molecular flexibility index (Phi) is 3.84. The smallest absolute Gasteiger partial charge is 0.292 e. The first-order valence-electron chi connectivity index (χ1n) is 6.70. The Labute approximate surface area is 130 Å². The first-order valence-corrected chi connectivity index (χ1v) is 6.70. The molecule has 2 aromatic carbocycles. The summed E-state index contributed by atoms with van der Waals surface area (Å²) in [5.41, 5.74) is 1.51. The average Bonchev–Trinajstić information content (AvgIpc) is 2.99. The summed E-state index contributed by atoms with van der Waals surface area (Å²) in [6.45, 7) is 0. The number of oxazole rings is 1. The first-order chi connectivity index (χ1) is 11.2. The summed E-state index contributed by atoms with van der Waals surface area (Å²) in [7, 11) is 0. The number of rotatable bonds is 5. The lowest BCUT2D eigenvalue weighted by Crippen LogP contribution is -1.97. The van der Waals surface area contributed by atoms with Gasteiger partial charge in [0.05, 0.1) is 10.5 Å². The molecule has 0 saturated heterocycles. The number of nitro benzene ring substituents is 1. The van der Waals surface area contributed by atoms with Crippen molar-refractivity contribution in [1.82, 2.24) is 4.98 Å². The third kappa shape index (κ3) is 2.93. The second-order valence-electron chi connectivity index (χ2n) is 4.62. The van der Waals surface area contributed by atoms with Crippen LogP contribution in [-0.4, -0.2) is 16.2 Å². The number of aromatic nitrogens is 1. The topological polar surface area (TPSA) is 98.3 Å². The maximum Gasteiger partial charge on any atom is 0.292 e. The van der Waals surface area contributed by atoms with Gasteiger partial charge in [-0.3, -0.25) is 14.9 Å². The van der Waals surface area contributed by atoms with Crippen molar-refractivity contribution < 1.29 is 14.1 Å². The second-order valence-corrected chi connectivity index (χ2v) is 4.62. The quantitative estimate of drug-likeness (QED) is 0.336. The number of hydrogen-bond acceptors (Lipinski definition) is 6. The van der Waals surface area contributed by atoms with Gasteiger partial charge in [0.1, 0.15) is 11.2 Å². The predicted octanol–water partition coefficient (Wildman–Crippen LogP) is 3.39. The number of nitrogens with zero attached hydrogens (tertiary/aromatic N) is 2. The number of carbonyl (C=O) groups is 1. The summed E-state index contributed by atoms with van der Waals surface area (Å²) in [5.74, 6) is 0.146. The molecule has 0 radical (unpaired) electrons. The molecule has 3 aromatic rings. The summed E-state index contributed by atoms with van der Waals surface area (Å²) in [5, 5.41) is 13.7. The van der Waals surface area contributed by atoms with Crippen LogP contribution in [0.2, 0.25) is 0 Å². The van der Waals surface area contributed by atoms with E-state index in [9.17, 15) is 14.9 Å². The van der Waals surface area contributed by atoms with Gasteiger partial charge in [0.2, 0.25) is 5.89 Å². The molecule has 0 aliphatic rings. The second kappa shape index (κ2) is 6.10. The van der Waals surface area contributed by atoms with Gasteiger partial charge >= 0.3 is 0 Å². The number of para-hydroxylation sites is 4. The molecular weight excluding hydrogens is 298 g/mol. The molecule has 1 aromatic heterocycles. The highest BCUT2D eigenvalue weighted by atomic mass is 16.6. The Bertz CT molecular complexity index is 881. The van der Waals surface area contributed by atoms with Crippen LogP contribution in [0.1, 0.15) is 5.89 Å². The lowest BCUT2D eigenvalue weighted by atomic mass is 10.2. The van der Waals surface area contributed by atoms with Crippen molar-refractivity contribution in [2.24, 2.45) is 0 Å². The Balaban J connectivity index is 1.93. The van der Waals surface area contributed by atoms with Crippen molar-refractivity contribution in [3.8, 4) is 0 Å². The van der Waals surface area contributed by atoms with Gasteiger partial charge in [-0.15, -0.1) is 0 Å². The lowest BCUT2D eigenvalue weighted by Gasteiger charge is -2.02. The van der Waals surface area contributed by atoms with E-state index in [-0.39, 0.29) is 22.8 Å². The maximum atomic E-state index is 11.3. The van der Waals surface area contributed by atoms with Crippen LogP contribution in [0.15, 0.2) is 59.1 Å². The fraction of sp³-hybridized carbons (Fsp3) is 0. The number of anilines is 1. The molecule has 7 heteroatoms. The summed E-state index contributed by atoms with van der Waals surface area (Å²) in [6, 6.07) is 13.2. The lowest BCUT2D eigenvalue weighted by molar-refractivity contribution is -0.383. The molecule has 0 bridgehead atoms. The number of fused-ring (bicyclic) bond motifs is 1. The first kappa shape index (κ1) is 14.5. The molecule has 0 fully saturated rings. The van der Waals surface area contributed by atoms with Crippen LogP contribution in [0.5, 0.6) is 0 Å². The van der Waals surface area contributed by atoms with Gasteiger partial charge in [-0.1, -0.05) is 24.3 Å². The molecule has 0 spiro atoms. The van der Waals surface area contributed by atoms with Gasteiger partial charge in [0.15, 0.2) is 11.9 Å². The number of benzene rings is 2. The third-order valence-electron chi connectivity index (χ3n) is 3.15. The standard InChI is InChI=1S/C16H11N3O4/c20-10-11(16-18-13-6-2-4-8-15(13)23-16)9-17-12-5-1-3-7-14(12)19(21)22/h1-10,17H/b11-9+. The van der Waals surface area contributed by atoms with Crippen molar-refractivity contribution in [1.29, 1.82) is 0 Å². The van der Waals surface area contributed by atoms with Crippen LogP contribution in [0.4, 0.5) is 11.4 Å². The fourth-order valence-corrected chi connectivity index (χ4v) is 2.05. The van der Waals surface area contributed by atoms with Crippen molar-refractivity contribution >= 4 is 34.3 Å². The van der Waals surface area contributed by atoms with Gasteiger partial charge in [-0.2, -0.15) is 0 Å². The molecule has 7 nitrogen and oxygen atoms in total. The zero-order valence-corrected chi connectivity index (χ0v) is 11.8. The minimum absolute atomic E-state index is 0.0911. The monoisotopic (exact) mass is 309 g/mol. The molecule has 0 amide bonds. The molecule has 1 heterocycles. The molecule has 23 heavy (non-hydrogen) atoms. The zero-order valence-electron chi connectivity index (χ0n) is 11.8. The van der Waals surface area contributed by atoms with E-state index < -0.39 is 4.92 Å². The molecule has 0 atom stereocenters. The van der Waals surface area contributed by atoms with E-state index in [0.717, 1.165) is 0 Å². The molecule has 0 aliphatic heterocycles. The van der Waals surface area contributed by atoms with E-state index in [2.05, 4.69) is 10.3 Å². The summed E-state index contributed by atoms with van der Waals surface area (Å²) in [6.07, 6.45) is 1.91.